The first-order valence-corrected chi connectivity index (χ1v) is 6.25. The normalized spacial score (nSPS) is 9.95. The van der Waals surface area contributed by atoms with Crippen molar-refractivity contribution in [2.75, 3.05) is 7.05 Å². The fourth-order valence-corrected chi connectivity index (χ4v) is 1.76. The number of hydrogen-bond donors (Lipinski definition) is 2. The van der Waals surface area contributed by atoms with Gasteiger partial charge in [0.05, 0.1) is 6.42 Å². The van der Waals surface area contributed by atoms with Gasteiger partial charge >= 0.3 is 5.97 Å². The minimum absolute atomic E-state index is 0.0724. The van der Waals surface area contributed by atoms with Gasteiger partial charge in [-0.05, 0) is 23.8 Å². The molecule has 6 heteroatoms. The molecule has 0 fully saturated rings. The van der Waals surface area contributed by atoms with Crippen LogP contribution in [0, 0.1) is 0 Å². The predicted octanol–water partition coefficient (Wildman–Crippen LogP) is 1.86. The van der Waals surface area contributed by atoms with E-state index in [1.165, 1.54) is 19.3 Å². The van der Waals surface area contributed by atoms with Gasteiger partial charge in [-0.25, -0.2) is 0 Å². The standard InChI is InChI=1S/C15H14N2O4/c1-16-15(20)13-9-12(5-6-17-13)21-11-4-2-3-10(7-11)8-14(18)19/h2-7,9H,8H2,1H3,(H,16,20)(H,18,19). The maximum absolute atomic E-state index is 11.5. The molecule has 2 rings (SSSR count). The molecule has 1 aromatic heterocycles. The number of rotatable bonds is 5. The van der Waals surface area contributed by atoms with Crippen molar-refractivity contribution in [1.82, 2.24) is 10.3 Å². The summed E-state index contributed by atoms with van der Waals surface area (Å²) in [7, 11) is 1.52. The van der Waals surface area contributed by atoms with Crippen molar-refractivity contribution in [2.24, 2.45) is 0 Å². The zero-order chi connectivity index (χ0) is 15.2. The van der Waals surface area contributed by atoms with Crippen LogP contribution in [0.15, 0.2) is 42.6 Å². The van der Waals surface area contributed by atoms with Crippen LogP contribution < -0.4 is 10.1 Å². The Morgan fingerprint density at radius 1 is 1.24 bits per heavy atom. The van der Waals surface area contributed by atoms with Gasteiger partial charge in [-0.3, -0.25) is 14.6 Å². The minimum Gasteiger partial charge on any atom is -0.481 e. The highest BCUT2D eigenvalue weighted by Crippen LogP contribution is 2.22. The van der Waals surface area contributed by atoms with Crippen LogP contribution in [0.25, 0.3) is 0 Å². The summed E-state index contributed by atoms with van der Waals surface area (Å²) in [5, 5.41) is 11.3. The highest BCUT2D eigenvalue weighted by atomic mass is 16.5. The van der Waals surface area contributed by atoms with Crippen LogP contribution >= 0.6 is 0 Å². The van der Waals surface area contributed by atoms with E-state index in [0.29, 0.717) is 17.1 Å². The van der Waals surface area contributed by atoms with Crippen LogP contribution in [0.3, 0.4) is 0 Å². The van der Waals surface area contributed by atoms with Crippen molar-refractivity contribution >= 4 is 11.9 Å². The molecule has 0 radical (unpaired) electrons. The van der Waals surface area contributed by atoms with Gasteiger partial charge in [0.15, 0.2) is 0 Å². The number of aliphatic carboxylic acids is 1. The number of hydrogen-bond acceptors (Lipinski definition) is 4. The van der Waals surface area contributed by atoms with E-state index in [1.54, 1.807) is 30.3 Å². The number of aromatic nitrogens is 1. The fourth-order valence-electron chi connectivity index (χ4n) is 1.76. The Morgan fingerprint density at radius 3 is 2.71 bits per heavy atom. The van der Waals surface area contributed by atoms with Crippen LogP contribution in [-0.4, -0.2) is 29.0 Å². The summed E-state index contributed by atoms with van der Waals surface area (Å²) >= 11 is 0. The zero-order valence-electron chi connectivity index (χ0n) is 11.4. The molecule has 0 atom stereocenters. The Kier molecular flexibility index (Phi) is 4.50. The maximum atomic E-state index is 11.5. The van der Waals surface area contributed by atoms with Crippen LogP contribution in [0.2, 0.25) is 0 Å². The second-order valence-corrected chi connectivity index (χ2v) is 4.28. The Labute approximate surface area is 121 Å². The largest absolute Gasteiger partial charge is 0.481 e. The van der Waals surface area contributed by atoms with Gasteiger partial charge in [0.2, 0.25) is 0 Å². The Morgan fingerprint density at radius 2 is 2.00 bits per heavy atom. The number of carboxylic acid groups (broad SMARTS) is 1. The number of nitrogens with zero attached hydrogens (tertiary/aromatic N) is 1. The maximum Gasteiger partial charge on any atom is 0.307 e. The molecule has 0 unspecified atom stereocenters. The smallest absolute Gasteiger partial charge is 0.307 e. The molecule has 6 nitrogen and oxygen atoms in total. The summed E-state index contributed by atoms with van der Waals surface area (Å²) in [6.45, 7) is 0. The Bertz CT molecular complexity index is 670. The molecule has 0 saturated carbocycles. The van der Waals surface area contributed by atoms with Crippen molar-refractivity contribution in [1.29, 1.82) is 0 Å². The molecule has 108 valence electrons. The number of carbonyl (C=O) groups excluding carboxylic acids is 1. The SMILES string of the molecule is CNC(=O)c1cc(Oc2cccc(CC(=O)O)c2)ccn1. The lowest BCUT2D eigenvalue weighted by atomic mass is 10.1. The molecule has 1 aromatic carbocycles. The van der Waals surface area contributed by atoms with Crippen molar-refractivity contribution in [3.05, 3.63) is 53.9 Å². The molecule has 1 heterocycles. The van der Waals surface area contributed by atoms with Gasteiger partial charge in [-0.1, -0.05) is 12.1 Å². The van der Waals surface area contributed by atoms with Gasteiger partial charge in [-0.2, -0.15) is 0 Å². The predicted molar refractivity (Wildman–Crippen MR) is 75.5 cm³/mol. The lowest BCUT2D eigenvalue weighted by Gasteiger charge is -2.08. The highest BCUT2D eigenvalue weighted by molar-refractivity contribution is 5.92. The van der Waals surface area contributed by atoms with Gasteiger partial charge in [0.25, 0.3) is 5.91 Å². The molecule has 0 aliphatic carbocycles. The van der Waals surface area contributed by atoms with E-state index in [0.717, 1.165) is 0 Å². The van der Waals surface area contributed by atoms with Gasteiger partial charge in [-0.15, -0.1) is 0 Å². The van der Waals surface area contributed by atoms with Crippen LogP contribution in [-0.2, 0) is 11.2 Å². The summed E-state index contributed by atoms with van der Waals surface area (Å²) in [5.74, 6) is -0.253. The Hall–Kier alpha value is -2.89. The molecule has 1 amide bonds. The third-order valence-electron chi connectivity index (χ3n) is 2.68. The van der Waals surface area contributed by atoms with E-state index in [4.69, 9.17) is 9.84 Å². The molecule has 2 aromatic rings. The quantitative estimate of drug-likeness (QED) is 0.875. The summed E-state index contributed by atoms with van der Waals surface area (Å²) in [6.07, 6.45) is 1.40. The van der Waals surface area contributed by atoms with Crippen molar-refractivity contribution in [3.8, 4) is 11.5 Å². The highest BCUT2D eigenvalue weighted by Gasteiger charge is 2.07. The second-order valence-electron chi connectivity index (χ2n) is 4.28. The third kappa shape index (κ3) is 4.04. The summed E-state index contributed by atoms with van der Waals surface area (Å²) < 4.78 is 5.62. The topological polar surface area (TPSA) is 88.5 Å². The zero-order valence-corrected chi connectivity index (χ0v) is 11.4. The van der Waals surface area contributed by atoms with Crippen LogP contribution in [0.5, 0.6) is 11.5 Å². The first kappa shape index (κ1) is 14.5. The van der Waals surface area contributed by atoms with Crippen LogP contribution in [0.4, 0.5) is 0 Å². The first-order valence-electron chi connectivity index (χ1n) is 6.25. The van der Waals surface area contributed by atoms with E-state index >= 15 is 0 Å². The van der Waals surface area contributed by atoms with E-state index < -0.39 is 5.97 Å². The molecule has 2 N–H and O–H groups in total. The molecule has 0 aliphatic rings. The Balaban J connectivity index is 2.18. The lowest BCUT2D eigenvalue weighted by molar-refractivity contribution is -0.136. The van der Waals surface area contributed by atoms with E-state index in [9.17, 15) is 9.59 Å². The average molecular weight is 286 g/mol. The van der Waals surface area contributed by atoms with Gasteiger partial charge in [0, 0.05) is 19.3 Å². The number of carboxylic acids is 1. The molecular formula is C15H14N2O4. The van der Waals surface area contributed by atoms with Gasteiger partial charge < -0.3 is 15.2 Å². The second kappa shape index (κ2) is 6.51. The van der Waals surface area contributed by atoms with Crippen LogP contribution in [0.1, 0.15) is 16.1 Å². The number of carbonyl (C=O) groups is 2. The summed E-state index contributed by atoms with van der Waals surface area (Å²) in [5.41, 5.74) is 0.886. The number of nitrogens with one attached hydrogen (secondary N) is 1. The summed E-state index contributed by atoms with van der Waals surface area (Å²) in [4.78, 5) is 26.1. The minimum atomic E-state index is -0.905. The first-order chi connectivity index (χ1) is 10.1. The van der Waals surface area contributed by atoms with E-state index in [-0.39, 0.29) is 18.0 Å². The molecule has 0 saturated heterocycles. The number of pyridine rings is 1. The number of benzene rings is 1. The monoisotopic (exact) mass is 286 g/mol. The number of ether oxygens (including phenoxy) is 1. The molecule has 0 bridgehead atoms. The molecule has 21 heavy (non-hydrogen) atoms. The summed E-state index contributed by atoms with van der Waals surface area (Å²) in [6, 6.07) is 9.93. The fraction of sp³-hybridized carbons (Fsp3) is 0.133. The molecule has 0 spiro atoms. The molecule has 0 aliphatic heterocycles. The third-order valence-corrected chi connectivity index (χ3v) is 2.68. The van der Waals surface area contributed by atoms with Crippen molar-refractivity contribution in [2.45, 2.75) is 6.42 Å². The van der Waals surface area contributed by atoms with Crippen molar-refractivity contribution in [3.63, 3.8) is 0 Å². The van der Waals surface area contributed by atoms with E-state index in [2.05, 4.69) is 10.3 Å². The molecular weight excluding hydrogens is 272 g/mol. The number of amides is 1. The van der Waals surface area contributed by atoms with Gasteiger partial charge in [0.1, 0.15) is 17.2 Å². The lowest BCUT2D eigenvalue weighted by Crippen LogP contribution is -2.18. The van der Waals surface area contributed by atoms with Crippen molar-refractivity contribution < 1.29 is 19.4 Å². The van der Waals surface area contributed by atoms with E-state index in [1.807, 2.05) is 0 Å². The average Bonchev–Trinajstić information content (AvgIpc) is 2.46.